The van der Waals surface area contributed by atoms with Gasteiger partial charge in [0.15, 0.2) is 11.6 Å². The molecule has 1 aliphatic carbocycles. The molecule has 0 bridgehead atoms. The molecule has 0 spiro atoms. The lowest BCUT2D eigenvalue weighted by molar-refractivity contribution is 0.302. The van der Waals surface area contributed by atoms with E-state index in [9.17, 15) is 9.50 Å². The van der Waals surface area contributed by atoms with Gasteiger partial charge in [-0.2, -0.15) is 0 Å². The van der Waals surface area contributed by atoms with Crippen LogP contribution in [-0.2, 0) is 0 Å². The first-order valence-corrected chi connectivity index (χ1v) is 6.69. The zero-order valence-electron chi connectivity index (χ0n) is 10.5. The topological polar surface area (TPSA) is 20.2 Å². The minimum atomic E-state index is -0.411. The van der Waals surface area contributed by atoms with Crippen LogP contribution < -0.4 is 0 Å². The summed E-state index contributed by atoms with van der Waals surface area (Å²) in [6, 6.07) is 4.98. The highest BCUT2D eigenvalue weighted by Crippen LogP contribution is 2.39. The summed E-state index contributed by atoms with van der Waals surface area (Å²) < 4.78 is 13.8. The van der Waals surface area contributed by atoms with Crippen LogP contribution in [0.25, 0.3) is 0 Å². The van der Waals surface area contributed by atoms with Crippen LogP contribution in [0.4, 0.5) is 4.39 Å². The number of hydrogen-bond acceptors (Lipinski definition) is 1. The Labute approximate surface area is 103 Å². The van der Waals surface area contributed by atoms with Gasteiger partial charge in [-0.05, 0) is 49.1 Å². The standard InChI is InChI=1S/C15H21FO/c1-2-4-11-7-9-12(10-8-11)13-5-3-6-14(17)15(13)16/h3,5-6,11-12,17H,2,4,7-10H2,1H3. The van der Waals surface area contributed by atoms with Crippen molar-refractivity contribution in [2.24, 2.45) is 5.92 Å². The number of phenols is 1. The summed E-state index contributed by atoms with van der Waals surface area (Å²) in [5.41, 5.74) is 0.708. The smallest absolute Gasteiger partial charge is 0.168 e. The van der Waals surface area contributed by atoms with Gasteiger partial charge in [0.25, 0.3) is 0 Å². The Kier molecular flexibility index (Phi) is 4.03. The summed E-state index contributed by atoms with van der Waals surface area (Å²) in [5, 5.41) is 9.39. The van der Waals surface area contributed by atoms with Crippen molar-refractivity contribution in [3.63, 3.8) is 0 Å². The van der Waals surface area contributed by atoms with E-state index in [0.29, 0.717) is 11.5 Å². The van der Waals surface area contributed by atoms with Gasteiger partial charge in [0.1, 0.15) is 0 Å². The van der Waals surface area contributed by atoms with Gasteiger partial charge < -0.3 is 5.11 Å². The molecule has 0 unspecified atom stereocenters. The summed E-state index contributed by atoms with van der Waals surface area (Å²) in [5.74, 6) is 0.511. The van der Waals surface area contributed by atoms with Gasteiger partial charge in [0.2, 0.25) is 0 Å². The fourth-order valence-corrected chi connectivity index (χ4v) is 3.02. The maximum atomic E-state index is 13.8. The summed E-state index contributed by atoms with van der Waals surface area (Å²) in [7, 11) is 0. The largest absolute Gasteiger partial charge is 0.505 e. The number of aromatic hydroxyl groups is 1. The first-order chi connectivity index (χ1) is 8.22. The molecule has 2 heteroatoms. The number of halogens is 1. The molecule has 0 radical (unpaired) electrons. The zero-order chi connectivity index (χ0) is 12.3. The van der Waals surface area contributed by atoms with E-state index in [2.05, 4.69) is 6.92 Å². The molecule has 0 amide bonds. The van der Waals surface area contributed by atoms with Crippen molar-refractivity contribution in [2.75, 3.05) is 0 Å². The molecular formula is C15H21FO. The molecule has 0 atom stereocenters. The SMILES string of the molecule is CCCC1CCC(c2cccc(O)c2F)CC1. The second-order valence-corrected chi connectivity index (χ2v) is 5.19. The number of benzene rings is 1. The Morgan fingerprint density at radius 2 is 1.94 bits per heavy atom. The highest BCUT2D eigenvalue weighted by atomic mass is 19.1. The van der Waals surface area contributed by atoms with Crippen LogP contribution in [-0.4, -0.2) is 5.11 Å². The van der Waals surface area contributed by atoms with Crippen molar-refractivity contribution >= 4 is 0 Å². The number of rotatable bonds is 3. The summed E-state index contributed by atoms with van der Waals surface area (Å²) in [6.45, 7) is 2.22. The van der Waals surface area contributed by atoms with Crippen molar-refractivity contribution < 1.29 is 9.50 Å². The molecule has 1 fully saturated rings. The second-order valence-electron chi connectivity index (χ2n) is 5.19. The van der Waals surface area contributed by atoms with E-state index in [-0.39, 0.29) is 5.75 Å². The zero-order valence-corrected chi connectivity index (χ0v) is 10.5. The van der Waals surface area contributed by atoms with Crippen molar-refractivity contribution in [1.82, 2.24) is 0 Å². The predicted octanol–water partition coefficient (Wildman–Crippen LogP) is 4.61. The third-order valence-corrected chi connectivity index (χ3v) is 3.99. The lowest BCUT2D eigenvalue weighted by Gasteiger charge is -2.28. The molecule has 1 N–H and O–H groups in total. The third kappa shape index (κ3) is 2.80. The van der Waals surface area contributed by atoms with Crippen LogP contribution in [0.15, 0.2) is 18.2 Å². The normalized spacial score (nSPS) is 24.8. The van der Waals surface area contributed by atoms with E-state index in [0.717, 1.165) is 18.8 Å². The molecule has 1 nitrogen and oxygen atoms in total. The predicted molar refractivity (Wildman–Crippen MR) is 67.7 cm³/mol. The summed E-state index contributed by atoms with van der Waals surface area (Å²) in [4.78, 5) is 0. The van der Waals surface area contributed by atoms with Gasteiger partial charge in [-0.1, -0.05) is 31.9 Å². The lowest BCUT2D eigenvalue weighted by Crippen LogP contribution is -2.14. The fraction of sp³-hybridized carbons (Fsp3) is 0.600. The quantitative estimate of drug-likeness (QED) is 0.812. The molecule has 0 heterocycles. The monoisotopic (exact) mass is 236 g/mol. The Hall–Kier alpha value is -1.05. The van der Waals surface area contributed by atoms with Gasteiger partial charge in [0.05, 0.1) is 0 Å². The molecule has 1 saturated carbocycles. The highest BCUT2D eigenvalue weighted by molar-refractivity contribution is 5.32. The number of phenolic OH excluding ortho intramolecular Hbond substituents is 1. The molecule has 0 aromatic heterocycles. The van der Waals surface area contributed by atoms with Crippen LogP contribution >= 0.6 is 0 Å². The van der Waals surface area contributed by atoms with Gasteiger partial charge in [-0.25, -0.2) is 4.39 Å². The maximum Gasteiger partial charge on any atom is 0.168 e. The van der Waals surface area contributed by atoms with Crippen LogP contribution in [0, 0.1) is 11.7 Å². The van der Waals surface area contributed by atoms with Crippen molar-refractivity contribution in [2.45, 2.75) is 51.4 Å². The Morgan fingerprint density at radius 1 is 1.24 bits per heavy atom. The minimum absolute atomic E-state index is 0.210. The van der Waals surface area contributed by atoms with E-state index in [4.69, 9.17) is 0 Å². The number of hydrogen-bond donors (Lipinski definition) is 1. The van der Waals surface area contributed by atoms with Gasteiger partial charge in [-0.15, -0.1) is 0 Å². The lowest BCUT2D eigenvalue weighted by atomic mass is 9.77. The van der Waals surface area contributed by atoms with Gasteiger partial charge in [-0.3, -0.25) is 0 Å². The van der Waals surface area contributed by atoms with Crippen LogP contribution in [0.3, 0.4) is 0 Å². The molecule has 1 aromatic rings. The molecule has 1 aliphatic rings. The Balaban J connectivity index is 2.03. The molecular weight excluding hydrogens is 215 g/mol. The first-order valence-electron chi connectivity index (χ1n) is 6.69. The van der Waals surface area contributed by atoms with Crippen molar-refractivity contribution in [1.29, 1.82) is 0 Å². The molecule has 0 saturated heterocycles. The van der Waals surface area contributed by atoms with E-state index >= 15 is 0 Å². The molecule has 1 aromatic carbocycles. The van der Waals surface area contributed by atoms with Crippen LogP contribution in [0.5, 0.6) is 5.75 Å². The average Bonchev–Trinajstić information content (AvgIpc) is 2.34. The Bertz CT molecular complexity index is 367. The van der Waals surface area contributed by atoms with Crippen LogP contribution in [0.2, 0.25) is 0 Å². The fourth-order valence-electron chi connectivity index (χ4n) is 3.02. The molecule has 0 aliphatic heterocycles. The van der Waals surface area contributed by atoms with E-state index < -0.39 is 5.82 Å². The van der Waals surface area contributed by atoms with E-state index in [1.165, 1.54) is 31.7 Å². The highest BCUT2D eigenvalue weighted by Gasteiger charge is 2.24. The maximum absolute atomic E-state index is 13.8. The van der Waals surface area contributed by atoms with Crippen LogP contribution in [0.1, 0.15) is 56.9 Å². The van der Waals surface area contributed by atoms with E-state index in [1.807, 2.05) is 6.07 Å². The molecule has 17 heavy (non-hydrogen) atoms. The van der Waals surface area contributed by atoms with E-state index in [1.54, 1.807) is 6.07 Å². The van der Waals surface area contributed by atoms with Crippen molar-refractivity contribution in [3.05, 3.63) is 29.6 Å². The average molecular weight is 236 g/mol. The summed E-state index contributed by atoms with van der Waals surface area (Å²) in [6.07, 6.45) is 7.07. The molecule has 2 rings (SSSR count). The second kappa shape index (κ2) is 5.52. The van der Waals surface area contributed by atoms with Gasteiger partial charge >= 0.3 is 0 Å². The van der Waals surface area contributed by atoms with Gasteiger partial charge in [0, 0.05) is 0 Å². The molecule has 94 valence electrons. The first kappa shape index (κ1) is 12.4. The van der Waals surface area contributed by atoms with Crippen molar-refractivity contribution in [3.8, 4) is 5.75 Å². The summed E-state index contributed by atoms with van der Waals surface area (Å²) >= 11 is 0. The third-order valence-electron chi connectivity index (χ3n) is 3.99. The Morgan fingerprint density at radius 3 is 2.59 bits per heavy atom. The minimum Gasteiger partial charge on any atom is -0.505 e.